The maximum Gasteiger partial charge on any atom is 0.217 e. The van der Waals surface area contributed by atoms with Crippen LogP contribution in [0.2, 0.25) is 0 Å². The van der Waals surface area contributed by atoms with Crippen molar-refractivity contribution in [3.63, 3.8) is 0 Å². The third kappa shape index (κ3) is 23.1. The van der Waals surface area contributed by atoms with Gasteiger partial charge in [-0.3, -0.25) is 9.59 Å². The number of hydrogen-bond donors (Lipinski definition) is 2. The van der Waals surface area contributed by atoms with Gasteiger partial charge < -0.3 is 11.5 Å². The van der Waals surface area contributed by atoms with E-state index in [0.29, 0.717) is 12.8 Å². The number of primary amides is 2. The van der Waals surface area contributed by atoms with E-state index < -0.39 is 0 Å². The van der Waals surface area contributed by atoms with Crippen molar-refractivity contribution < 1.29 is 9.59 Å². The van der Waals surface area contributed by atoms with Crippen molar-refractivity contribution in [2.75, 3.05) is 0 Å². The molecule has 4 nitrogen and oxygen atoms in total. The zero-order valence-electron chi connectivity index (χ0n) is 7.80. The summed E-state index contributed by atoms with van der Waals surface area (Å²) in [6.45, 7) is 3.84. The molecule has 4 heteroatoms. The van der Waals surface area contributed by atoms with Crippen molar-refractivity contribution in [2.45, 2.75) is 39.5 Å². The molecule has 2 amide bonds. The summed E-state index contributed by atoms with van der Waals surface area (Å²) in [5.74, 6) is -0.421. The molecular weight excluding hydrogens is 156 g/mol. The number of rotatable bonds is 4. The molecule has 0 aliphatic rings. The Hall–Kier alpha value is -1.06. The third-order valence-electron chi connectivity index (χ3n) is 0.993. The van der Waals surface area contributed by atoms with Crippen LogP contribution in [0, 0.1) is 0 Å². The molecule has 0 atom stereocenters. The molecule has 0 aromatic rings. The Morgan fingerprint density at radius 1 is 0.917 bits per heavy atom. The Kier molecular flexibility index (Phi) is 11.2. The van der Waals surface area contributed by atoms with Crippen LogP contribution in [0.5, 0.6) is 0 Å². The van der Waals surface area contributed by atoms with Crippen molar-refractivity contribution in [1.29, 1.82) is 0 Å². The van der Waals surface area contributed by atoms with E-state index in [1.807, 2.05) is 13.8 Å². The van der Waals surface area contributed by atoms with Crippen molar-refractivity contribution in [2.24, 2.45) is 11.5 Å². The van der Waals surface area contributed by atoms with Crippen molar-refractivity contribution in [3.05, 3.63) is 0 Å². The first kappa shape index (κ1) is 13.5. The predicted octanol–water partition coefficient (Wildman–Crippen LogP) is 0.544. The second kappa shape index (κ2) is 9.94. The number of amides is 2. The van der Waals surface area contributed by atoms with Gasteiger partial charge in [-0.1, -0.05) is 13.8 Å². The van der Waals surface area contributed by atoms with Crippen LogP contribution in [-0.2, 0) is 9.59 Å². The van der Waals surface area contributed by atoms with E-state index in [-0.39, 0.29) is 11.8 Å². The first-order chi connectivity index (χ1) is 5.54. The molecule has 0 bridgehead atoms. The average molecular weight is 174 g/mol. The molecule has 0 heterocycles. The zero-order chi connectivity index (χ0) is 9.98. The highest BCUT2D eigenvalue weighted by Gasteiger charge is 1.84. The van der Waals surface area contributed by atoms with Crippen LogP contribution in [0.4, 0.5) is 0 Å². The standard InChI is InChI=1S/2C4H9NO/c2*1-2-3-4(5)6/h2*2-3H2,1H3,(H2,5,6). The predicted molar refractivity (Wildman–Crippen MR) is 48.2 cm³/mol. The maximum atomic E-state index is 9.82. The van der Waals surface area contributed by atoms with E-state index in [4.69, 9.17) is 11.5 Å². The summed E-state index contributed by atoms with van der Waals surface area (Å²) < 4.78 is 0. The Bertz CT molecular complexity index is 119. The van der Waals surface area contributed by atoms with E-state index in [9.17, 15) is 9.59 Å². The van der Waals surface area contributed by atoms with Gasteiger partial charge in [0.05, 0.1) is 0 Å². The monoisotopic (exact) mass is 174 g/mol. The molecular formula is C8H18N2O2. The fraction of sp³-hybridized carbons (Fsp3) is 0.750. The minimum absolute atomic E-state index is 0.211. The largest absolute Gasteiger partial charge is 0.370 e. The van der Waals surface area contributed by atoms with Crippen LogP contribution in [0.15, 0.2) is 0 Å². The summed E-state index contributed by atoms with van der Waals surface area (Å²) in [7, 11) is 0. The second-order valence-corrected chi connectivity index (χ2v) is 2.43. The molecule has 0 saturated heterocycles. The van der Waals surface area contributed by atoms with Crippen LogP contribution in [0.3, 0.4) is 0 Å². The Morgan fingerprint density at radius 2 is 1.17 bits per heavy atom. The van der Waals surface area contributed by atoms with Crippen molar-refractivity contribution in [1.82, 2.24) is 0 Å². The van der Waals surface area contributed by atoms with Gasteiger partial charge in [0.25, 0.3) is 0 Å². The van der Waals surface area contributed by atoms with Crippen LogP contribution < -0.4 is 11.5 Å². The minimum atomic E-state index is -0.211. The lowest BCUT2D eigenvalue weighted by molar-refractivity contribution is -0.118. The van der Waals surface area contributed by atoms with Gasteiger partial charge in [0, 0.05) is 12.8 Å². The van der Waals surface area contributed by atoms with Gasteiger partial charge in [0.15, 0.2) is 0 Å². The van der Waals surface area contributed by atoms with Crippen molar-refractivity contribution >= 4 is 11.8 Å². The first-order valence-electron chi connectivity index (χ1n) is 4.11. The molecule has 0 aliphatic carbocycles. The lowest BCUT2D eigenvalue weighted by Gasteiger charge is -1.81. The smallest absolute Gasteiger partial charge is 0.217 e. The fourth-order valence-corrected chi connectivity index (χ4v) is 0.493. The molecule has 0 unspecified atom stereocenters. The summed E-state index contributed by atoms with van der Waals surface area (Å²) in [5, 5.41) is 0. The summed E-state index contributed by atoms with van der Waals surface area (Å²) in [4.78, 5) is 19.6. The molecule has 0 saturated carbocycles. The molecule has 0 aromatic carbocycles. The van der Waals surface area contributed by atoms with Gasteiger partial charge in [0.1, 0.15) is 0 Å². The van der Waals surface area contributed by atoms with E-state index in [2.05, 4.69) is 0 Å². The average Bonchev–Trinajstić information content (AvgIpc) is 1.87. The first-order valence-corrected chi connectivity index (χ1v) is 4.11. The molecule has 0 radical (unpaired) electrons. The van der Waals surface area contributed by atoms with Crippen LogP contribution in [0.1, 0.15) is 39.5 Å². The molecule has 12 heavy (non-hydrogen) atoms. The number of carbonyl (C=O) groups is 2. The highest BCUT2D eigenvalue weighted by atomic mass is 16.1. The van der Waals surface area contributed by atoms with Gasteiger partial charge in [0.2, 0.25) is 11.8 Å². The maximum absolute atomic E-state index is 9.82. The van der Waals surface area contributed by atoms with Gasteiger partial charge in [-0.05, 0) is 12.8 Å². The van der Waals surface area contributed by atoms with E-state index >= 15 is 0 Å². The SMILES string of the molecule is CCCC(N)=O.CCCC(N)=O. The van der Waals surface area contributed by atoms with Gasteiger partial charge in [-0.2, -0.15) is 0 Å². The van der Waals surface area contributed by atoms with Gasteiger partial charge in [-0.25, -0.2) is 0 Å². The lowest BCUT2D eigenvalue weighted by atomic mass is 10.3. The summed E-state index contributed by atoms with van der Waals surface area (Å²) in [6, 6.07) is 0. The number of carbonyl (C=O) groups excluding carboxylic acids is 2. The summed E-state index contributed by atoms with van der Waals surface area (Å²) in [5.41, 5.74) is 9.53. The van der Waals surface area contributed by atoms with E-state index in [1.54, 1.807) is 0 Å². The highest BCUT2D eigenvalue weighted by Crippen LogP contribution is 1.80. The van der Waals surface area contributed by atoms with Gasteiger partial charge >= 0.3 is 0 Å². The van der Waals surface area contributed by atoms with Crippen LogP contribution >= 0.6 is 0 Å². The van der Waals surface area contributed by atoms with Crippen molar-refractivity contribution in [3.8, 4) is 0 Å². The summed E-state index contributed by atoms with van der Waals surface area (Å²) >= 11 is 0. The molecule has 0 spiro atoms. The van der Waals surface area contributed by atoms with E-state index in [0.717, 1.165) is 12.8 Å². The van der Waals surface area contributed by atoms with Crippen LogP contribution in [-0.4, -0.2) is 11.8 Å². The quantitative estimate of drug-likeness (QED) is 0.651. The summed E-state index contributed by atoms with van der Waals surface area (Å²) in [6.07, 6.45) is 2.74. The lowest BCUT2D eigenvalue weighted by Crippen LogP contribution is -2.08. The molecule has 4 N–H and O–H groups in total. The normalized spacial score (nSPS) is 8.17. The molecule has 0 aromatic heterocycles. The topological polar surface area (TPSA) is 86.2 Å². The molecule has 0 aliphatic heterocycles. The molecule has 0 fully saturated rings. The Balaban J connectivity index is 0. The number of nitrogens with two attached hydrogens (primary N) is 2. The molecule has 72 valence electrons. The minimum Gasteiger partial charge on any atom is -0.370 e. The Labute approximate surface area is 73.3 Å². The highest BCUT2D eigenvalue weighted by molar-refractivity contribution is 5.73. The van der Waals surface area contributed by atoms with Crippen LogP contribution in [0.25, 0.3) is 0 Å². The van der Waals surface area contributed by atoms with E-state index in [1.165, 1.54) is 0 Å². The Morgan fingerprint density at radius 3 is 1.17 bits per heavy atom. The zero-order valence-corrected chi connectivity index (χ0v) is 7.80. The fourth-order valence-electron chi connectivity index (χ4n) is 0.493. The molecule has 0 rings (SSSR count). The third-order valence-corrected chi connectivity index (χ3v) is 0.993. The van der Waals surface area contributed by atoms with Gasteiger partial charge in [-0.15, -0.1) is 0 Å². The number of hydrogen-bond acceptors (Lipinski definition) is 2. The second-order valence-electron chi connectivity index (χ2n) is 2.43.